The minimum absolute atomic E-state index is 0.0896. The number of ether oxygens (including phenoxy) is 5. The van der Waals surface area contributed by atoms with Crippen LogP contribution in [0.4, 0.5) is 5.69 Å². The van der Waals surface area contributed by atoms with Crippen molar-refractivity contribution in [3.63, 3.8) is 0 Å². The highest BCUT2D eigenvalue weighted by Gasteiger charge is 2.65. The number of amides is 1. The molecule has 2 aromatic carbocycles. The first-order valence-electron chi connectivity index (χ1n) is 14.5. The van der Waals surface area contributed by atoms with Gasteiger partial charge in [0.15, 0.2) is 46.5 Å². The van der Waals surface area contributed by atoms with Gasteiger partial charge >= 0.3 is 11.9 Å². The second-order valence-electron chi connectivity index (χ2n) is 12.6. The number of rotatable bonds is 7. The number of piperidine rings is 1. The summed E-state index contributed by atoms with van der Waals surface area (Å²) in [7, 11) is 3.08. The molecule has 0 spiro atoms. The first kappa shape index (κ1) is 30.8. The number of carboxylic acids is 1. The lowest BCUT2D eigenvalue weighted by atomic mass is 9.70. The second-order valence-corrected chi connectivity index (χ2v) is 12.6. The molecule has 3 aliphatic heterocycles. The standard InChI is InChI=1S/C32H40N2O9/c1-19(35)32(30(37)38)17-33-11-10-26(32)34(18-31(2,3)4)22-15-25-24(41-12-13-42-25)14-21(22)28(43-16-27(34)36)20-8-7-9-23(39-5)29(20)40-6/h7-9,14-15,26,28,33H,10-13,16-18H2,1-6H3/p+1/t26-,28?,32+,34?/m1/s1. The van der Waals surface area contributed by atoms with Gasteiger partial charge in [-0.05, 0) is 19.1 Å². The topological polar surface area (TPSA) is 130 Å². The number of Topliss-reactive ketones (excluding diaryl/α,β-unsaturated/α-hetero) is 1. The van der Waals surface area contributed by atoms with E-state index in [4.69, 9.17) is 23.7 Å². The Hall–Kier alpha value is -3.67. The Morgan fingerprint density at radius 3 is 2.40 bits per heavy atom. The zero-order chi connectivity index (χ0) is 31.2. The van der Waals surface area contributed by atoms with Crippen molar-refractivity contribution in [1.82, 2.24) is 9.80 Å². The van der Waals surface area contributed by atoms with Crippen molar-refractivity contribution in [2.45, 2.75) is 46.3 Å². The average molecular weight is 598 g/mol. The summed E-state index contributed by atoms with van der Waals surface area (Å²) in [5.41, 5.74) is -0.580. The molecule has 0 bridgehead atoms. The molecule has 4 atom stereocenters. The summed E-state index contributed by atoms with van der Waals surface area (Å²) in [6, 6.07) is 8.13. The lowest BCUT2D eigenvalue weighted by Gasteiger charge is -2.51. The highest BCUT2D eigenvalue weighted by atomic mass is 16.6. The SMILES string of the molecule is COc1cccc(C2OCC(=O)[N+](CC(C)(C)C)([C@@H]3CCNC[C@@]3(C(C)=O)C(=O)O)c3cc4c(cc32)OCCO4)c1OC. The zero-order valence-corrected chi connectivity index (χ0v) is 25.7. The normalized spacial score (nSPS) is 27.1. The number of fused-ring (bicyclic) bond motifs is 2. The van der Waals surface area contributed by atoms with E-state index in [0.717, 1.165) is 0 Å². The van der Waals surface area contributed by atoms with Gasteiger partial charge < -0.3 is 34.1 Å². The Labute approximate surface area is 251 Å². The van der Waals surface area contributed by atoms with Crippen LogP contribution in [-0.2, 0) is 19.1 Å². The van der Waals surface area contributed by atoms with E-state index in [0.29, 0.717) is 59.6 Å². The number of para-hydroxylation sites is 1. The molecular formula is C32H41N2O9+. The van der Waals surface area contributed by atoms with Crippen LogP contribution in [0.25, 0.3) is 0 Å². The van der Waals surface area contributed by atoms with Crippen molar-refractivity contribution < 1.29 is 43.2 Å². The first-order chi connectivity index (χ1) is 20.4. The van der Waals surface area contributed by atoms with Gasteiger partial charge in [-0.15, -0.1) is 0 Å². The van der Waals surface area contributed by atoms with E-state index in [2.05, 4.69) is 5.32 Å². The Morgan fingerprint density at radius 2 is 1.79 bits per heavy atom. The van der Waals surface area contributed by atoms with E-state index >= 15 is 0 Å². The van der Waals surface area contributed by atoms with E-state index in [-0.39, 0.29) is 32.0 Å². The molecular weight excluding hydrogens is 556 g/mol. The molecule has 2 unspecified atom stereocenters. The molecule has 0 radical (unpaired) electrons. The summed E-state index contributed by atoms with van der Waals surface area (Å²) < 4.78 is 29.4. The van der Waals surface area contributed by atoms with Crippen LogP contribution < -0.4 is 28.7 Å². The highest BCUT2D eigenvalue weighted by Crippen LogP contribution is 2.53. The maximum Gasteiger partial charge on any atom is 0.344 e. The van der Waals surface area contributed by atoms with Gasteiger partial charge in [0.05, 0.1) is 26.3 Å². The van der Waals surface area contributed by atoms with Crippen LogP contribution in [0.2, 0.25) is 0 Å². The fourth-order valence-corrected chi connectivity index (χ4v) is 7.11. The molecule has 3 aliphatic rings. The smallest absolute Gasteiger partial charge is 0.344 e. The predicted molar refractivity (Wildman–Crippen MR) is 158 cm³/mol. The number of nitrogens with one attached hydrogen (secondary N) is 1. The Bertz CT molecular complexity index is 1420. The van der Waals surface area contributed by atoms with Crippen LogP contribution >= 0.6 is 0 Å². The fourth-order valence-electron chi connectivity index (χ4n) is 7.11. The molecule has 11 nitrogen and oxygen atoms in total. The first-order valence-corrected chi connectivity index (χ1v) is 14.5. The molecule has 0 aliphatic carbocycles. The number of nitrogens with zero attached hydrogens (tertiary/aromatic N) is 1. The van der Waals surface area contributed by atoms with Crippen LogP contribution in [0.15, 0.2) is 30.3 Å². The van der Waals surface area contributed by atoms with E-state index in [1.54, 1.807) is 19.2 Å². The summed E-state index contributed by atoms with van der Waals surface area (Å²) in [6.45, 7) is 8.22. The molecule has 5 rings (SSSR count). The van der Waals surface area contributed by atoms with Crippen molar-refractivity contribution in [3.8, 4) is 23.0 Å². The fraction of sp³-hybridized carbons (Fsp3) is 0.531. The molecule has 232 valence electrons. The second kappa shape index (κ2) is 11.4. The lowest BCUT2D eigenvalue weighted by molar-refractivity contribution is -0.164. The molecule has 1 saturated heterocycles. The van der Waals surface area contributed by atoms with Gasteiger partial charge in [0.1, 0.15) is 25.4 Å². The van der Waals surface area contributed by atoms with Crippen LogP contribution in [0, 0.1) is 10.8 Å². The lowest BCUT2D eigenvalue weighted by Crippen LogP contribution is -2.75. The zero-order valence-electron chi connectivity index (χ0n) is 25.7. The van der Waals surface area contributed by atoms with Crippen molar-refractivity contribution in [2.75, 3.05) is 53.7 Å². The minimum atomic E-state index is -1.86. The van der Waals surface area contributed by atoms with Gasteiger partial charge in [0.25, 0.3) is 0 Å². The van der Waals surface area contributed by atoms with E-state index in [1.807, 2.05) is 39.0 Å². The molecule has 2 N–H and O–H groups in total. The number of quaternary nitrogens is 1. The number of ketones is 1. The number of aliphatic carboxylic acids is 1. The van der Waals surface area contributed by atoms with Gasteiger partial charge in [-0.25, -0.2) is 9.28 Å². The number of methoxy groups -OCH3 is 2. The van der Waals surface area contributed by atoms with Crippen molar-refractivity contribution in [1.29, 1.82) is 0 Å². The van der Waals surface area contributed by atoms with Gasteiger partial charge in [0, 0.05) is 36.6 Å². The number of benzene rings is 2. The average Bonchev–Trinajstić information content (AvgIpc) is 3.08. The predicted octanol–water partition coefficient (Wildman–Crippen LogP) is 3.50. The summed E-state index contributed by atoms with van der Waals surface area (Å²) in [5.74, 6) is -0.220. The summed E-state index contributed by atoms with van der Waals surface area (Å²) >= 11 is 0. The highest BCUT2D eigenvalue weighted by molar-refractivity contribution is 6.05. The molecule has 43 heavy (non-hydrogen) atoms. The van der Waals surface area contributed by atoms with E-state index in [9.17, 15) is 19.5 Å². The molecule has 0 aromatic heterocycles. The number of carbonyl (C=O) groups is 3. The number of hydrogen-bond acceptors (Lipinski definition) is 9. The Morgan fingerprint density at radius 1 is 1.09 bits per heavy atom. The third-order valence-electron chi connectivity index (χ3n) is 8.77. The molecule has 1 amide bonds. The van der Waals surface area contributed by atoms with Gasteiger partial charge in [0.2, 0.25) is 0 Å². The number of carboxylic acid groups (broad SMARTS) is 1. The third kappa shape index (κ3) is 5.03. The van der Waals surface area contributed by atoms with Crippen molar-refractivity contribution in [2.24, 2.45) is 10.8 Å². The van der Waals surface area contributed by atoms with Crippen LogP contribution in [-0.4, -0.2) is 82.5 Å². The molecule has 0 saturated carbocycles. The van der Waals surface area contributed by atoms with E-state index < -0.39 is 39.2 Å². The maximum atomic E-state index is 14.8. The van der Waals surface area contributed by atoms with Gasteiger partial charge in [-0.2, -0.15) is 0 Å². The van der Waals surface area contributed by atoms with Crippen LogP contribution in [0.5, 0.6) is 23.0 Å². The van der Waals surface area contributed by atoms with Crippen molar-refractivity contribution >= 4 is 23.3 Å². The van der Waals surface area contributed by atoms with Crippen molar-refractivity contribution in [3.05, 3.63) is 41.5 Å². The molecule has 2 aromatic rings. The summed E-state index contributed by atoms with van der Waals surface area (Å²) in [5, 5.41) is 13.9. The Balaban J connectivity index is 1.89. The number of carbonyl (C=O) groups excluding carboxylic acids is 2. The maximum absolute atomic E-state index is 14.8. The third-order valence-corrected chi connectivity index (χ3v) is 8.77. The summed E-state index contributed by atoms with van der Waals surface area (Å²) in [4.78, 5) is 41.4. The quantitative estimate of drug-likeness (QED) is 0.361. The minimum Gasteiger partial charge on any atom is -0.493 e. The van der Waals surface area contributed by atoms with Crippen LogP contribution in [0.3, 0.4) is 0 Å². The van der Waals surface area contributed by atoms with Crippen LogP contribution in [0.1, 0.15) is 51.3 Å². The Kier molecular flexibility index (Phi) is 8.19. The molecule has 11 heteroatoms. The molecule has 3 heterocycles. The van der Waals surface area contributed by atoms with E-state index in [1.165, 1.54) is 14.0 Å². The largest absolute Gasteiger partial charge is 0.493 e. The summed E-state index contributed by atoms with van der Waals surface area (Å²) in [6.07, 6.45) is -0.535. The molecule has 1 fully saturated rings. The van der Waals surface area contributed by atoms with Gasteiger partial charge in [-0.1, -0.05) is 32.9 Å². The number of hydrogen-bond donors (Lipinski definition) is 2. The monoisotopic (exact) mass is 597 g/mol. The van der Waals surface area contributed by atoms with Gasteiger partial charge in [-0.3, -0.25) is 9.59 Å².